The van der Waals surface area contributed by atoms with Crippen molar-refractivity contribution in [1.29, 1.82) is 0 Å². The van der Waals surface area contributed by atoms with Gasteiger partial charge in [-0.3, -0.25) is 13.9 Å². The molecule has 1 aromatic carbocycles. The number of rotatable bonds is 6. The zero-order valence-corrected chi connectivity index (χ0v) is 19.2. The molecule has 1 fully saturated rings. The summed E-state index contributed by atoms with van der Waals surface area (Å²) in [6.07, 6.45) is 3.59. The fourth-order valence-corrected chi connectivity index (χ4v) is 5.33. The normalized spacial score (nSPS) is 16.6. The molecule has 0 radical (unpaired) electrons. The van der Waals surface area contributed by atoms with Crippen LogP contribution in [0.4, 0.5) is 4.39 Å². The van der Waals surface area contributed by atoms with E-state index in [1.54, 1.807) is 32.1 Å². The van der Waals surface area contributed by atoms with E-state index in [2.05, 4.69) is 9.97 Å². The third-order valence-corrected chi connectivity index (χ3v) is 7.41. The summed E-state index contributed by atoms with van der Waals surface area (Å²) in [6, 6.07) is 4.48. The van der Waals surface area contributed by atoms with E-state index < -0.39 is 26.9 Å². The van der Waals surface area contributed by atoms with Gasteiger partial charge in [-0.25, -0.2) is 22.6 Å². The molecule has 33 heavy (non-hydrogen) atoms. The number of hydrogen-bond donors (Lipinski definition) is 1. The monoisotopic (exact) mass is 476 g/mol. The summed E-state index contributed by atoms with van der Waals surface area (Å²) >= 11 is 0. The predicted octanol–water partition coefficient (Wildman–Crippen LogP) is 2.19. The minimum atomic E-state index is -3.01. The summed E-state index contributed by atoms with van der Waals surface area (Å²) in [5.41, 5.74) is 0.221. The third kappa shape index (κ3) is 4.63. The number of H-pyrrole nitrogens is 1. The van der Waals surface area contributed by atoms with Gasteiger partial charge in [0.25, 0.3) is 5.56 Å². The third-order valence-electron chi connectivity index (χ3n) is 5.70. The summed E-state index contributed by atoms with van der Waals surface area (Å²) in [6.45, 7) is 4.14. The smallest absolute Gasteiger partial charge is 0.332 e. The molecule has 1 aliphatic rings. The first kappa shape index (κ1) is 23.0. The van der Waals surface area contributed by atoms with Crippen molar-refractivity contribution in [1.82, 2.24) is 19.1 Å². The number of hydrogen-bond acceptors (Lipinski definition) is 6. The highest BCUT2D eigenvalue weighted by molar-refractivity contribution is 7.91. The van der Waals surface area contributed by atoms with E-state index in [9.17, 15) is 22.4 Å². The van der Waals surface area contributed by atoms with Crippen molar-refractivity contribution in [3.8, 4) is 5.75 Å². The Kier molecular flexibility index (Phi) is 6.24. The van der Waals surface area contributed by atoms with Gasteiger partial charge in [-0.05, 0) is 50.5 Å². The summed E-state index contributed by atoms with van der Waals surface area (Å²) in [4.78, 5) is 32.3. The van der Waals surface area contributed by atoms with Crippen LogP contribution < -0.4 is 16.0 Å². The fraction of sp³-hybridized carbons (Fsp3) is 0.409. The maximum atomic E-state index is 14.5. The maximum absolute atomic E-state index is 14.5. The second-order valence-electron chi connectivity index (χ2n) is 7.89. The number of sulfone groups is 1. The Morgan fingerprint density at radius 2 is 1.85 bits per heavy atom. The molecule has 176 valence electrons. The van der Waals surface area contributed by atoms with Crippen LogP contribution in [-0.2, 0) is 22.9 Å². The van der Waals surface area contributed by atoms with Gasteiger partial charge in [-0.15, -0.1) is 0 Å². The minimum absolute atomic E-state index is 0.0484. The van der Waals surface area contributed by atoms with E-state index in [4.69, 9.17) is 4.74 Å². The molecule has 11 heteroatoms. The Labute approximate surface area is 189 Å². The van der Waals surface area contributed by atoms with E-state index in [-0.39, 0.29) is 41.1 Å². The number of aromatic nitrogens is 4. The van der Waals surface area contributed by atoms with Crippen molar-refractivity contribution in [2.75, 3.05) is 11.5 Å². The highest BCUT2D eigenvalue weighted by Gasteiger charge is 2.25. The van der Waals surface area contributed by atoms with Crippen LogP contribution in [0.25, 0.3) is 23.3 Å². The highest BCUT2D eigenvalue weighted by atomic mass is 32.2. The summed E-state index contributed by atoms with van der Waals surface area (Å²) in [5, 5.41) is 0. The maximum Gasteiger partial charge on any atom is 0.332 e. The number of halogens is 1. The van der Waals surface area contributed by atoms with Crippen molar-refractivity contribution >= 4 is 33.2 Å². The van der Waals surface area contributed by atoms with Gasteiger partial charge in [-0.1, -0.05) is 12.1 Å². The Hall–Kier alpha value is -3.21. The Morgan fingerprint density at radius 3 is 2.48 bits per heavy atom. The number of nitrogens with one attached hydrogen (secondary N) is 1. The van der Waals surface area contributed by atoms with Gasteiger partial charge < -0.3 is 9.72 Å². The van der Waals surface area contributed by atoms with Gasteiger partial charge in [0.15, 0.2) is 27.1 Å². The second kappa shape index (κ2) is 8.97. The fourth-order valence-electron chi connectivity index (χ4n) is 3.88. The molecule has 1 aliphatic heterocycles. The first-order chi connectivity index (χ1) is 15.7. The summed E-state index contributed by atoms with van der Waals surface area (Å²) < 4.78 is 45.8. The van der Waals surface area contributed by atoms with Crippen LogP contribution in [0.2, 0.25) is 0 Å². The average molecular weight is 477 g/mol. The van der Waals surface area contributed by atoms with Gasteiger partial charge in [0.1, 0.15) is 17.4 Å². The number of nitrogens with zero attached hydrogens (tertiary/aromatic N) is 3. The van der Waals surface area contributed by atoms with Crippen LogP contribution in [-0.4, -0.2) is 45.1 Å². The lowest BCUT2D eigenvalue weighted by Crippen LogP contribution is -2.39. The zero-order chi connectivity index (χ0) is 23.8. The molecule has 1 saturated heterocycles. The van der Waals surface area contributed by atoms with Crippen LogP contribution >= 0.6 is 0 Å². The molecule has 0 aliphatic carbocycles. The van der Waals surface area contributed by atoms with Crippen molar-refractivity contribution < 1.29 is 17.5 Å². The molecule has 0 amide bonds. The van der Waals surface area contributed by atoms with Crippen molar-refractivity contribution in [2.24, 2.45) is 0 Å². The Morgan fingerprint density at radius 1 is 1.15 bits per heavy atom. The molecule has 0 saturated carbocycles. The molecule has 0 unspecified atom stereocenters. The van der Waals surface area contributed by atoms with Crippen molar-refractivity contribution in [3.63, 3.8) is 0 Å². The van der Waals surface area contributed by atoms with E-state index >= 15 is 0 Å². The lowest BCUT2D eigenvalue weighted by atomic mass is 10.1. The first-order valence-corrected chi connectivity index (χ1v) is 12.6. The van der Waals surface area contributed by atoms with E-state index in [0.717, 1.165) is 4.57 Å². The van der Waals surface area contributed by atoms with Crippen LogP contribution in [0.5, 0.6) is 5.75 Å². The van der Waals surface area contributed by atoms with Crippen molar-refractivity contribution in [3.05, 3.63) is 56.2 Å². The molecular weight excluding hydrogens is 451 g/mol. The number of benzene rings is 1. The van der Waals surface area contributed by atoms with Gasteiger partial charge in [0, 0.05) is 13.1 Å². The largest absolute Gasteiger partial charge is 0.487 e. The average Bonchev–Trinajstić information content (AvgIpc) is 3.20. The molecule has 3 aromatic rings. The van der Waals surface area contributed by atoms with E-state index in [1.807, 2.05) is 0 Å². The summed E-state index contributed by atoms with van der Waals surface area (Å²) in [7, 11) is -3.01. The molecule has 0 spiro atoms. The number of aromatic amines is 1. The molecule has 0 bridgehead atoms. The highest BCUT2D eigenvalue weighted by Crippen LogP contribution is 2.24. The molecule has 2 aromatic heterocycles. The van der Waals surface area contributed by atoms with Gasteiger partial charge in [0.05, 0.1) is 11.5 Å². The molecule has 1 N–H and O–H groups in total. The lowest BCUT2D eigenvalue weighted by Gasteiger charge is -2.23. The van der Waals surface area contributed by atoms with Gasteiger partial charge in [0.2, 0.25) is 0 Å². The predicted molar refractivity (Wildman–Crippen MR) is 124 cm³/mol. The molecule has 0 atom stereocenters. The number of aryl methyl sites for hydroxylation is 1. The molecule has 3 heterocycles. The van der Waals surface area contributed by atoms with Crippen LogP contribution in [0, 0.1) is 5.82 Å². The standard InChI is InChI=1S/C22H25FN4O5S/c1-3-26-20-19(21(28)27(4-2)22(26)29)24-18(25-20)8-6-14-5-7-17(16(23)13-14)32-15-9-11-33(30,31)12-10-15/h5-8,13,15H,3-4,9-12H2,1-2H3,(H,24,25). The molecular formula is C22H25FN4O5S. The first-order valence-electron chi connectivity index (χ1n) is 10.8. The number of imidazole rings is 1. The van der Waals surface area contributed by atoms with Crippen molar-refractivity contribution in [2.45, 2.75) is 45.9 Å². The Balaban J connectivity index is 1.56. The quantitative estimate of drug-likeness (QED) is 0.583. The number of fused-ring (bicyclic) bond motifs is 1. The van der Waals surface area contributed by atoms with E-state index in [1.165, 1.54) is 16.7 Å². The SMILES string of the molecule is CCn1c(=O)c2[nH]c(C=Cc3ccc(OC4CCS(=O)(=O)CC4)c(F)c3)nc2n(CC)c1=O. The Bertz CT molecular complexity index is 1440. The lowest BCUT2D eigenvalue weighted by molar-refractivity contribution is 0.181. The van der Waals surface area contributed by atoms with E-state index in [0.29, 0.717) is 30.8 Å². The van der Waals surface area contributed by atoms with Gasteiger partial charge in [-0.2, -0.15) is 0 Å². The summed E-state index contributed by atoms with van der Waals surface area (Å²) in [5.74, 6) is -0.0191. The molecule has 9 nitrogen and oxygen atoms in total. The second-order valence-corrected chi connectivity index (χ2v) is 10.2. The number of ether oxygens (including phenoxy) is 1. The van der Waals surface area contributed by atoms with Crippen LogP contribution in [0.1, 0.15) is 38.1 Å². The van der Waals surface area contributed by atoms with Crippen LogP contribution in [0.15, 0.2) is 27.8 Å². The zero-order valence-electron chi connectivity index (χ0n) is 18.4. The van der Waals surface area contributed by atoms with Gasteiger partial charge >= 0.3 is 5.69 Å². The minimum Gasteiger partial charge on any atom is -0.487 e. The topological polar surface area (TPSA) is 116 Å². The molecule has 4 rings (SSSR count). The van der Waals surface area contributed by atoms with Crippen LogP contribution in [0.3, 0.4) is 0 Å².